The van der Waals surface area contributed by atoms with Gasteiger partial charge in [-0.1, -0.05) is 17.4 Å². The van der Waals surface area contributed by atoms with Crippen LogP contribution in [0.15, 0.2) is 18.2 Å². The minimum absolute atomic E-state index is 0.608. The number of hydrogen-bond acceptors (Lipinski definition) is 7. The summed E-state index contributed by atoms with van der Waals surface area (Å²) in [7, 11) is 2.05. The molecule has 0 atom stereocenters. The van der Waals surface area contributed by atoms with Crippen molar-refractivity contribution in [3.8, 4) is 16.7 Å². The molecular formula is C15H19N3O3S. The van der Waals surface area contributed by atoms with Gasteiger partial charge in [0.2, 0.25) is 0 Å². The van der Waals surface area contributed by atoms with Crippen molar-refractivity contribution in [2.45, 2.75) is 20.0 Å². The maximum absolute atomic E-state index is 5.61. The molecule has 3 rings (SSSR count). The molecule has 0 bridgehead atoms. The number of benzene rings is 1. The summed E-state index contributed by atoms with van der Waals surface area (Å²) in [5, 5.41) is 9.73. The maximum Gasteiger partial charge on any atom is 0.294 e. The number of nitrogens with zero attached hydrogens (tertiary/aromatic N) is 3. The Balaban J connectivity index is 1.60. The molecule has 0 aliphatic carbocycles. The Morgan fingerprint density at radius 1 is 1.18 bits per heavy atom. The first-order chi connectivity index (χ1) is 10.7. The van der Waals surface area contributed by atoms with E-state index < -0.39 is 0 Å². The number of rotatable bonds is 6. The Kier molecular flexibility index (Phi) is 4.74. The van der Waals surface area contributed by atoms with Crippen LogP contribution in [0.5, 0.6) is 16.7 Å². The van der Waals surface area contributed by atoms with Crippen molar-refractivity contribution >= 4 is 11.3 Å². The molecule has 2 heterocycles. The van der Waals surface area contributed by atoms with E-state index in [2.05, 4.69) is 28.2 Å². The van der Waals surface area contributed by atoms with E-state index in [0.29, 0.717) is 25.0 Å². The maximum atomic E-state index is 5.61. The quantitative estimate of drug-likeness (QED) is 0.814. The van der Waals surface area contributed by atoms with Crippen LogP contribution in [0.1, 0.15) is 17.5 Å². The fourth-order valence-electron chi connectivity index (χ4n) is 2.27. The second kappa shape index (κ2) is 6.93. The number of ether oxygens (including phenoxy) is 3. The van der Waals surface area contributed by atoms with Gasteiger partial charge in [-0.25, -0.2) is 0 Å². The molecule has 1 aliphatic rings. The van der Waals surface area contributed by atoms with E-state index in [9.17, 15) is 0 Å². The van der Waals surface area contributed by atoms with E-state index in [1.54, 1.807) is 0 Å². The molecule has 7 heteroatoms. The highest BCUT2D eigenvalue weighted by molar-refractivity contribution is 7.13. The van der Waals surface area contributed by atoms with Gasteiger partial charge in [-0.3, -0.25) is 4.90 Å². The van der Waals surface area contributed by atoms with Gasteiger partial charge in [-0.05, 0) is 31.7 Å². The van der Waals surface area contributed by atoms with Crippen LogP contribution in [0.3, 0.4) is 0 Å². The first-order valence-corrected chi connectivity index (χ1v) is 8.08. The summed E-state index contributed by atoms with van der Waals surface area (Å²) >= 11 is 1.49. The van der Waals surface area contributed by atoms with Crippen molar-refractivity contribution in [1.29, 1.82) is 0 Å². The molecule has 0 fully saturated rings. The van der Waals surface area contributed by atoms with Crippen molar-refractivity contribution < 1.29 is 14.2 Å². The third-order valence-electron chi connectivity index (χ3n) is 3.18. The molecule has 6 nitrogen and oxygen atoms in total. The molecular weight excluding hydrogens is 302 g/mol. The largest absolute Gasteiger partial charge is 0.486 e. The standard InChI is InChI=1S/C15H19N3O3S/c1-3-19-15-17-16-14(22-15)10-18(2)9-11-4-5-12-13(8-11)21-7-6-20-12/h4-5,8H,3,6-7,9-10H2,1-2H3. The fourth-order valence-corrected chi connectivity index (χ4v) is 3.10. The van der Waals surface area contributed by atoms with Crippen molar-refractivity contribution in [1.82, 2.24) is 15.1 Å². The second-order valence-electron chi connectivity index (χ2n) is 5.05. The number of aromatic nitrogens is 2. The first kappa shape index (κ1) is 15.1. The lowest BCUT2D eigenvalue weighted by atomic mass is 10.2. The second-order valence-corrected chi connectivity index (χ2v) is 6.07. The monoisotopic (exact) mass is 321 g/mol. The van der Waals surface area contributed by atoms with Gasteiger partial charge in [-0.2, -0.15) is 0 Å². The first-order valence-electron chi connectivity index (χ1n) is 7.27. The van der Waals surface area contributed by atoms with Gasteiger partial charge in [0.15, 0.2) is 11.5 Å². The molecule has 0 saturated carbocycles. The summed E-state index contributed by atoms with van der Waals surface area (Å²) in [6.45, 7) is 5.32. The molecule has 2 aromatic rings. The Bertz CT molecular complexity index is 632. The Hall–Kier alpha value is -1.86. The molecule has 22 heavy (non-hydrogen) atoms. The summed E-state index contributed by atoms with van der Waals surface area (Å²) in [5.74, 6) is 1.65. The average molecular weight is 321 g/mol. The topological polar surface area (TPSA) is 56.7 Å². The summed E-state index contributed by atoms with van der Waals surface area (Å²) in [5.41, 5.74) is 1.18. The minimum Gasteiger partial charge on any atom is -0.486 e. The Morgan fingerprint density at radius 2 is 2.00 bits per heavy atom. The van der Waals surface area contributed by atoms with Crippen molar-refractivity contribution in [3.63, 3.8) is 0 Å². The van der Waals surface area contributed by atoms with Crippen LogP contribution in [-0.4, -0.2) is 42.0 Å². The number of fused-ring (bicyclic) bond motifs is 1. The minimum atomic E-state index is 0.608. The fraction of sp³-hybridized carbons (Fsp3) is 0.467. The smallest absolute Gasteiger partial charge is 0.294 e. The lowest BCUT2D eigenvalue weighted by molar-refractivity contribution is 0.171. The van der Waals surface area contributed by atoms with Crippen molar-refractivity contribution in [2.75, 3.05) is 26.9 Å². The van der Waals surface area contributed by atoms with Crippen molar-refractivity contribution in [2.24, 2.45) is 0 Å². The van der Waals surface area contributed by atoms with Crippen LogP contribution in [0.25, 0.3) is 0 Å². The van der Waals surface area contributed by atoms with Crippen molar-refractivity contribution in [3.05, 3.63) is 28.8 Å². The van der Waals surface area contributed by atoms with Gasteiger partial charge in [0, 0.05) is 6.54 Å². The lowest BCUT2D eigenvalue weighted by Crippen LogP contribution is -2.18. The molecule has 118 valence electrons. The summed E-state index contributed by atoms with van der Waals surface area (Å²) in [4.78, 5) is 2.18. The molecule has 0 spiro atoms. The SMILES string of the molecule is CCOc1nnc(CN(C)Cc2ccc3c(c2)OCCO3)s1. The van der Waals surface area contributed by atoms with Crippen LogP contribution in [0, 0.1) is 0 Å². The highest BCUT2D eigenvalue weighted by Crippen LogP contribution is 2.31. The van der Waals surface area contributed by atoms with Gasteiger partial charge in [-0.15, -0.1) is 10.2 Å². The van der Waals surface area contributed by atoms with E-state index in [1.807, 2.05) is 19.1 Å². The molecule has 1 aliphatic heterocycles. The van der Waals surface area contributed by atoms with Gasteiger partial charge in [0.1, 0.15) is 18.2 Å². The van der Waals surface area contributed by atoms with Gasteiger partial charge >= 0.3 is 0 Å². The molecule has 0 radical (unpaired) electrons. The van der Waals surface area contributed by atoms with Crippen LogP contribution < -0.4 is 14.2 Å². The zero-order valence-electron chi connectivity index (χ0n) is 12.7. The van der Waals surface area contributed by atoms with E-state index in [0.717, 1.165) is 29.6 Å². The highest BCUT2D eigenvalue weighted by atomic mass is 32.1. The zero-order chi connectivity index (χ0) is 15.4. The van der Waals surface area contributed by atoms with E-state index >= 15 is 0 Å². The molecule has 0 unspecified atom stereocenters. The van der Waals surface area contributed by atoms with Gasteiger partial charge in [0.05, 0.1) is 13.2 Å². The highest BCUT2D eigenvalue weighted by Gasteiger charge is 2.13. The summed E-state index contributed by atoms with van der Waals surface area (Å²) in [6.07, 6.45) is 0. The van der Waals surface area contributed by atoms with E-state index in [-0.39, 0.29) is 0 Å². The van der Waals surface area contributed by atoms with Crippen LogP contribution in [0.2, 0.25) is 0 Å². The van der Waals surface area contributed by atoms with Crippen LogP contribution in [-0.2, 0) is 13.1 Å². The Morgan fingerprint density at radius 3 is 2.82 bits per heavy atom. The van der Waals surface area contributed by atoms with E-state index in [4.69, 9.17) is 14.2 Å². The summed E-state index contributed by atoms with van der Waals surface area (Å²) in [6, 6.07) is 6.07. The third-order valence-corrected chi connectivity index (χ3v) is 4.00. The normalized spacial score (nSPS) is 13.4. The lowest BCUT2D eigenvalue weighted by Gasteiger charge is -2.20. The Labute approximate surface area is 133 Å². The molecule has 0 saturated heterocycles. The van der Waals surface area contributed by atoms with Crippen LogP contribution >= 0.6 is 11.3 Å². The predicted octanol–water partition coefficient (Wildman–Crippen LogP) is 2.34. The van der Waals surface area contributed by atoms with Gasteiger partial charge in [0.25, 0.3) is 5.19 Å². The van der Waals surface area contributed by atoms with Crippen LogP contribution in [0.4, 0.5) is 0 Å². The number of hydrogen-bond donors (Lipinski definition) is 0. The third kappa shape index (κ3) is 3.66. The van der Waals surface area contributed by atoms with E-state index in [1.165, 1.54) is 16.9 Å². The average Bonchev–Trinajstić information content (AvgIpc) is 2.94. The molecule has 0 amide bonds. The molecule has 1 aromatic heterocycles. The zero-order valence-corrected chi connectivity index (χ0v) is 13.6. The molecule has 0 N–H and O–H groups in total. The predicted molar refractivity (Wildman–Crippen MR) is 83.7 cm³/mol. The molecule has 1 aromatic carbocycles. The van der Waals surface area contributed by atoms with Gasteiger partial charge < -0.3 is 14.2 Å². The summed E-state index contributed by atoms with van der Waals surface area (Å²) < 4.78 is 16.5.